The summed E-state index contributed by atoms with van der Waals surface area (Å²) in [5.74, 6) is 0. The van der Waals surface area contributed by atoms with E-state index in [1.54, 1.807) is 36.3 Å². The fraction of sp³-hybridized carbons (Fsp3) is 1.00. The Labute approximate surface area is 99.7 Å². The molecule has 0 aromatic rings. The molecule has 0 aliphatic rings. The lowest BCUT2D eigenvalue weighted by molar-refractivity contribution is 1.01. The van der Waals surface area contributed by atoms with Gasteiger partial charge in [0, 0.05) is 15.2 Å². The van der Waals surface area contributed by atoms with Gasteiger partial charge in [0.25, 0.3) is 0 Å². The molecule has 0 aliphatic carbocycles. The predicted molar refractivity (Wildman–Crippen MR) is 79.0 cm³/mol. The minimum absolute atomic E-state index is 0.879. The van der Waals surface area contributed by atoms with Crippen LogP contribution < -0.4 is 0 Å². The van der Waals surface area contributed by atoms with Crippen molar-refractivity contribution in [3.8, 4) is 0 Å². The minimum atomic E-state index is -0.884. The summed E-state index contributed by atoms with van der Waals surface area (Å²) in [5, 5.41) is 0. The first-order valence-corrected chi connectivity index (χ1v) is 13.4. The van der Waals surface area contributed by atoms with Crippen LogP contribution in [0.25, 0.3) is 0 Å². The number of hydrogen-bond donors (Lipinski definition) is 0. The van der Waals surface area contributed by atoms with Gasteiger partial charge >= 0.3 is 0 Å². The molecular formula is C13H32Si2. The van der Waals surface area contributed by atoms with Crippen molar-refractivity contribution in [2.75, 3.05) is 0 Å². The van der Waals surface area contributed by atoms with Gasteiger partial charge in [-0.3, -0.25) is 0 Å². The van der Waals surface area contributed by atoms with E-state index >= 15 is 0 Å². The monoisotopic (exact) mass is 244 g/mol. The molecule has 0 aromatic heterocycles. The number of hydrogen-bond acceptors (Lipinski definition) is 0. The van der Waals surface area contributed by atoms with E-state index in [1.165, 1.54) is 6.42 Å². The molecule has 0 N–H and O–H groups in total. The second-order valence-electron chi connectivity index (χ2n) is 5.08. The minimum Gasteiger partial charge on any atom is -0.0680 e. The maximum absolute atomic E-state index is 2.49. The van der Waals surface area contributed by atoms with Gasteiger partial charge in [-0.1, -0.05) is 84.2 Å². The third kappa shape index (κ3) is 2.76. The van der Waals surface area contributed by atoms with Crippen LogP contribution in [0.3, 0.4) is 0 Å². The van der Waals surface area contributed by atoms with Crippen LogP contribution in [0.4, 0.5) is 0 Å². The van der Waals surface area contributed by atoms with E-state index in [-0.39, 0.29) is 0 Å². The van der Waals surface area contributed by atoms with Gasteiger partial charge in [0.15, 0.2) is 0 Å². The van der Waals surface area contributed by atoms with E-state index in [0.29, 0.717) is 0 Å². The Bertz CT molecular complexity index is 150. The molecule has 0 atom stereocenters. The highest BCUT2D eigenvalue weighted by Crippen LogP contribution is 2.39. The van der Waals surface area contributed by atoms with Gasteiger partial charge in [-0.25, -0.2) is 0 Å². The summed E-state index contributed by atoms with van der Waals surface area (Å²) in [6.45, 7) is 14.8. The molecule has 92 valence electrons. The Kier molecular flexibility index (Phi) is 7.10. The average Bonchev–Trinajstić information content (AvgIpc) is 2.30. The molecule has 0 aliphatic heterocycles. The zero-order valence-electron chi connectivity index (χ0n) is 11.9. The van der Waals surface area contributed by atoms with Gasteiger partial charge in [-0.15, -0.1) is 0 Å². The van der Waals surface area contributed by atoms with E-state index in [2.05, 4.69) is 41.5 Å². The second kappa shape index (κ2) is 6.90. The smallest absolute Gasteiger partial charge is 0.0473 e. The Morgan fingerprint density at radius 1 is 0.533 bits per heavy atom. The van der Waals surface area contributed by atoms with Crippen molar-refractivity contribution in [3.05, 3.63) is 0 Å². The van der Waals surface area contributed by atoms with Crippen molar-refractivity contribution in [1.29, 1.82) is 0 Å². The summed E-state index contributed by atoms with van der Waals surface area (Å²) in [4.78, 5) is 0. The molecule has 0 fully saturated rings. The van der Waals surface area contributed by atoms with Gasteiger partial charge in [0.2, 0.25) is 0 Å². The molecule has 0 spiro atoms. The molecule has 15 heavy (non-hydrogen) atoms. The van der Waals surface area contributed by atoms with Crippen LogP contribution in [0.5, 0.6) is 0 Å². The van der Waals surface area contributed by atoms with E-state index in [1.807, 2.05) is 0 Å². The largest absolute Gasteiger partial charge is 0.0680 e. The zero-order chi connectivity index (χ0) is 11.9. The first-order chi connectivity index (χ1) is 7.11. The number of rotatable bonds is 8. The van der Waals surface area contributed by atoms with Crippen LogP contribution in [-0.2, 0) is 0 Å². The Morgan fingerprint density at radius 3 is 1.07 bits per heavy atom. The van der Waals surface area contributed by atoms with Crippen LogP contribution >= 0.6 is 0 Å². The van der Waals surface area contributed by atoms with Crippen LogP contribution in [0, 0.1) is 0 Å². The summed E-state index contributed by atoms with van der Waals surface area (Å²) in [5.41, 5.74) is 0. The molecular weight excluding hydrogens is 212 g/mol. The molecule has 0 aromatic carbocycles. The highest BCUT2D eigenvalue weighted by molar-refractivity contribution is 7.42. The van der Waals surface area contributed by atoms with Gasteiger partial charge in [-0.05, 0) is 0 Å². The van der Waals surface area contributed by atoms with Crippen molar-refractivity contribution in [3.63, 3.8) is 0 Å². The second-order valence-corrected chi connectivity index (χ2v) is 20.6. The standard InChI is InChI=1S/C13H32Si2/c1-7-13-15(11-5,12-6)14(8-2,9-3)10-4/h7-13H2,1-6H3. The molecule has 0 heterocycles. The summed E-state index contributed by atoms with van der Waals surface area (Å²) in [6, 6.07) is 9.37. The molecule has 0 saturated carbocycles. The maximum Gasteiger partial charge on any atom is 0.0473 e. The molecule has 0 radical (unpaired) electrons. The molecule has 0 bridgehead atoms. The van der Waals surface area contributed by atoms with Gasteiger partial charge in [0.05, 0.1) is 0 Å². The zero-order valence-corrected chi connectivity index (χ0v) is 13.9. The summed E-state index contributed by atoms with van der Waals surface area (Å²) in [6.07, 6.45) is 1.43. The quantitative estimate of drug-likeness (QED) is 0.497. The lowest BCUT2D eigenvalue weighted by atomic mass is 10.6. The molecule has 2 heteroatoms. The van der Waals surface area contributed by atoms with E-state index in [4.69, 9.17) is 0 Å². The summed E-state index contributed by atoms with van der Waals surface area (Å²) >= 11 is 0. The van der Waals surface area contributed by atoms with Crippen LogP contribution in [0.15, 0.2) is 0 Å². The van der Waals surface area contributed by atoms with E-state index in [9.17, 15) is 0 Å². The SMILES string of the molecule is CCC[Si](CC)(CC)[Si](CC)(CC)CC. The van der Waals surface area contributed by atoms with Crippen LogP contribution in [-0.4, -0.2) is 15.2 Å². The molecule has 0 nitrogen and oxygen atoms in total. The average molecular weight is 245 g/mol. The fourth-order valence-electron chi connectivity index (χ4n) is 3.97. The fourth-order valence-corrected chi connectivity index (χ4v) is 25.5. The third-order valence-corrected chi connectivity index (χ3v) is 28.5. The van der Waals surface area contributed by atoms with Crippen molar-refractivity contribution in [1.82, 2.24) is 0 Å². The van der Waals surface area contributed by atoms with E-state index in [0.717, 1.165) is 0 Å². The molecule has 0 unspecified atom stereocenters. The van der Waals surface area contributed by atoms with Crippen molar-refractivity contribution < 1.29 is 0 Å². The van der Waals surface area contributed by atoms with Gasteiger partial charge < -0.3 is 0 Å². The highest BCUT2D eigenvalue weighted by atomic mass is 29.3. The van der Waals surface area contributed by atoms with Gasteiger partial charge in [0.1, 0.15) is 0 Å². The van der Waals surface area contributed by atoms with Crippen molar-refractivity contribution >= 4 is 15.2 Å². The lowest BCUT2D eigenvalue weighted by Crippen LogP contribution is -2.60. The molecule has 0 amide bonds. The normalized spacial score (nSPS) is 13.2. The Balaban J connectivity index is 5.13. The lowest BCUT2D eigenvalue weighted by Gasteiger charge is -2.47. The Hall–Kier alpha value is 0.434. The molecule has 0 saturated heterocycles. The predicted octanol–water partition coefficient (Wildman–Crippen LogP) is 5.47. The van der Waals surface area contributed by atoms with Crippen molar-refractivity contribution in [2.24, 2.45) is 0 Å². The van der Waals surface area contributed by atoms with Gasteiger partial charge in [-0.2, -0.15) is 0 Å². The first kappa shape index (κ1) is 15.4. The highest BCUT2D eigenvalue weighted by Gasteiger charge is 2.47. The summed E-state index contributed by atoms with van der Waals surface area (Å²) < 4.78 is 0. The first-order valence-electron chi connectivity index (χ1n) is 7.11. The molecule has 0 rings (SSSR count). The third-order valence-electron chi connectivity index (χ3n) is 5.24. The van der Waals surface area contributed by atoms with Crippen LogP contribution in [0.2, 0.25) is 36.3 Å². The van der Waals surface area contributed by atoms with Crippen LogP contribution in [0.1, 0.15) is 48.0 Å². The van der Waals surface area contributed by atoms with Crippen molar-refractivity contribution in [2.45, 2.75) is 84.2 Å². The van der Waals surface area contributed by atoms with E-state index < -0.39 is 15.2 Å². The maximum atomic E-state index is 2.49. The summed E-state index contributed by atoms with van der Waals surface area (Å²) in [7, 11) is -1.76. The Morgan fingerprint density at radius 2 is 0.867 bits per heavy atom. The topological polar surface area (TPSA) is 0 Å².